The molecule has 0 fully saturated rings. The lowest BCUT2D eigenvalue weighted by Gasteiger charge is -2.20. The van der Waals surface area contributed by atoms with Crippen LogP contribution in [0.5, 0.6) is 0 Å². The molecule has 2 aromatic heterocycles. The van der Waals surface area contributed by atoms with Crippen molar-refractivity contribution >= 4 is 33.1 Å². The van der Waals surface area contributed by atoms with Gasteiger partial charge in [-0.1, -0.05) is 6.08 Å². The van der Waals surface area contributed by atoms with Gasteiger partial charge in [-0.15, -0.1) is 0 Å². The molecular formula is C28H28F2N4O5. The van der Waals surface area contributed by atoms with Crippen molar-refractivity contribution in [1.29, 1.82) is 0 Å². The summed E-state index contributed by atoms with van der Waals surface area (Å²) in [5.41, 5.74) is 4.90. The van der Waals surface area contributed by atoms with Crippen LogP contribution in [-0.4, -0.2) is 43.2 Å². The molecule has 0 amide bonds. The van der Waals surface area contributed by atoms with Crippen LogP contribution in [0.25, 0.3) is 27.4 Å². The van der Waals surface area contributed by atoms with Crippen LogP contribution >= 0.6 is 0 Å². The number of nitrogens with one attached hydrogen (secondary N) is 3. The van der Waals surface area contributed by atoms with Gasteiger partial charge in [0.05, 0.1) is 68.0 Å². The van der Waals surface area contributed by atoms with Gasteiger partial charge in [-0.05, 0) is 42.1 Å². The Labute approximate surface area is 222 Å². The number of furan rings is 1. The summed E-state index contributed by atoms with van der Waals surface area (Å²) in [6.45, 7) is 1.23. The van der Waals surface area contributed by atoms with Gasteiger partial charge in [-0.3, -0.25) is 5.32 Å². The van der Waals surface area contributed by atoms with Crippen molar-refractivity contribution in [3.05, 3.63) is 82.9 Å². The quantitative estimate of drug-likeness (QED) is 0.272. The molecule has 0 saturated carbocycles. The fourth-order valence-corrected chi connectivity index (χ4v) is 5.17. The molecule has 0 spiro atoms. The third-order valence-corrected chi connectivity index (χ3v) is 6.90. The van der Waals surface area contributed by atoms with Crippen LogP contribution in [0, 0.1) is 11.6 Å². The second-order valence-electron chi connectivity index (χ2n) is 9.25. The largest absolute Gasteiger partial charge is 0.463 e. The Morgan fingerprint density at radius 3 is 2.87 bits per heavy atom. The topological polar surface area (TPSA) is 102 Å². The highest BCUT2D eigenvalue weighted by Crippen LogP contribution is 2.40. The maximum atomic E-state index is 15.5. The van der Waals surface area contributed by atoms with Crippen molar-refractivity contribution in [3.8, 4) is 0 Å². The Morgan fingerprint density at radius 1 is 1.08 bits per heavy atom. The molecule has 0 aliphatic carbocycles. The second kappa shape index (κ2) is 11.2. The van der Waals surface area contributed by atoms with Gasteiger partial charge in [0.2, 0.25) is 0 Å². The van der Waals surface area contributed by atoms with Crippen molar-refractivity contribution in [3.63, 3.8) is 0 Å². The number of ether oxygens (including phenoxy) is 3. The summed E-state index contributed by atoms with van der Waals surface area (Å²) in [7, 11) is 0. The Hall–Kier alpha value is -3.74. The highest BCUT2D eigenvalue weighted by atomic mass is 19.1. The zero-order valence-electron chi connectivity index (χ0n) is 21.1. The van der Waals surface area contributed by atoms with E-state index in [9.17, 15) is 5.11 Å². The fraction of sp³-hybridized carbons (Fsp3) is 0.286. The average molecular weight is 539 g/mol. The molecule has 9 nitrogen and oxygen atoms in total. The van der Waals surface area contributed by atoms with Crippen molar-refractivity contribution in [2.75, 3.05) is 38.8 Å². The molecule has 4 aromatic rings. The van der Waals surface area contributed by atoms with Gasteiger partial charge in [-0.25, -0.2) is 8.78 Å². The minimum atomic E-state index is -0.519. The monoisotopic (exact) mass is 538 g/mol. The SMILES string of the molecule is OCOCc1c(/C2=C/C=C\NCOC2)c2c3occc3c(F)cc2n1Cc1cc2c(cc1F)NCNCOC2. The van der Waals surface area contributed by atoms with E-state index in [1.165, 1.54) is 18.4 Å². The van der Waals surface area contributed by atoms with Gasteiger partial charge >= 0.3 is 0 Å². The summed E-state index contributed by atoms with van der Waals surface area (Å²) in [4.78, 5) is 0. The highest BCUT2D eigenvalue weighted by molar-refractivity contribution is 6.10. The molecule has 0 bridgehead atoms. The zero-order valence-corrected chi connectivity index (χ0v) is 21.1. The predicted molar refractivity (Wildman–Crippen MR) is 141 cm³/mol. The van der Waals surface area contributed by atoms with E-state index in [-0.39, 0.29) is 19.8 Å². The van der Waals surface area contributed by atoms with E-state index in [0.29, 0.717) is 65.6 Å². The number of fused-ring (bicyclic) bond motifs is 4. The van der Waals surface area contributed by atoms with E-state index >= 15 is 8.78 Å². The van der Waals surface area contributed by atoms with Crippen molar-refractivity contribution < 1.29 is 32.5 Å². The predicted octanol–water partition coefficient (Wildman–Crippen LogP) is 4.10. The molecule has 204 valence electrons. The molecular weight excluding hydrogens is 510 g/mol. The first-order valence-electron chi connectivity index (χ1n) is 12.6. The molecule has 0 unspecified atom stereocenters. The summed E-state index contributed by atoms with van der Waals surface area (Å²) < 4.78 is 55.3. The summed E-state index contributed by atoms with van der Waals surface area (Å²) in [5.74, 6) is -0.872. The summed E-state index contributed by atoms with van der Waals surface area (Å²) in [5, 5.41) is 19.7. The molecule has 11 heteroatoms. The molecule has 4 heterocycles. The number of aromatic nitrogens is 1. The Balaban J connectivity index is 1.58. The summed E-state index contributed by atoms with van der Waals surface area (Å²) in [6, 6.07) is 6.23. The number of aliphatic hydroxyl groups excluding tert-OH is 1. The van der Waals surface area contributed by atoms with E-state index in [2.05, 4.69) is 16.0 Å². The van der Waals surface area contributed by atoms with Gasteiger partial charge in [-0.2, -0.15) is 0 Å². The third-order valence-electron chi connectivity index (χ3n) is 6.90. The zero-order chi connectivity index (χ0) is 26.8. The summed E-state index contributed by atoms with van der Waals surface area (Å²) in [6.07, 6.45) is 6.97. The second-order valence-corrected chi connectivity index (χ2v) is 9.25. The molecule has 6 rings (SSSR count). The number of nitrogens with zero attached hydrogens (tertiary/aromatic N) is 1. The van der Waals surface area contributed by atoms with Crippen LogP contribution in [0.2, 0.25) is 0 Å². The fourth-order valence-electron chi connectivity index (χ4n) is 5.17. The first kappa shape index (κ1) is 25.5. The van der Waals surface area contributed by atoms with Crippen LogP contribution in [0.1, 0.15) is 22.4 Å². The van der Waals surface area contributed by atoms with Crippen molar-refractivity contribution in [2.45, 2.75) is 19.8 Å². The van der Waals surface area contributed by atoms with Gasteiger partial charge in [0.25, 0.3) is 0 Å². The number of aliphatic hydroxyl groups is 1. The lowest BCUT2D eigenvalue weighted by atomic mass is 10.0. The van der Waals surface area contributed by atoms with E-state index in [4.69, 9.17) is 18.6 Å². The van der Waals surface area contributed by atoms with Crippen LogP contribution in [0.3, 0.4) is 0 Å². The number of benzene rings is 2. The van der Waals surface area contributed by atoms with E-state index < -0.39 is 18.4 Å². The van der Waals surface area contributed by atoms with E-state index in [1.54, 1.807) is 18.3 Å². The molecule has 2 aromatic carbocycles. The maximum Gasteiger partial charge on any atom is 0.146 e. The highest BCUT2D eigenvalue weighted by Gasteiger charge is 2.26. The van der Waals surface area contributed by atoms with Gasteiger partial charge in [0.1, 0.15) is 30.7 Å². The van der Waals surface area contributed by atoms with Gasteiger partial charge in [0.15, 0.2) is 0 Å². The number of anilines is 1. The molecule has 0 radical (unpaired) electrons. The van der Waals surface area contributed by atoms with E-state index in [0.717, 1.165) is 16.7 Å². The number of rotatable bonds is 6. The number of halogens is 2. The Bertz CT molecular complexity index is 1580. The Morgan fingerprint density at radius 2 is 1.97 bits per heavy atom. The maximum absolute atomic E-state index is 15.5. The van der Waals surface area contributed by atoms with Crippen LogP contribution < -0.4 is 16.0 Å². The molecule has 0 atom stereocenters. The van der Waals surface area contributed by atoms with E-state index in [1.807, 2.05) is 16.7 Å². The first-order valence-corrected chi connectivity index (χ1v) is 12.6. The molecule has 4 N–H and O–H groups in total. The van der Waals surface area contributed by atoms with Gasteiger partial charge < -0.3 is 38.9 Å². The smallest absolute Gasteiger partial charge is 0.146 e. The minimum Gasteiger partial charge on any atom is -0.463 e. The molecule has 39 heavy (non-hydrogen) atoms. The Kier molecular flexibility index (Phi) is 7.31. The third kappa shape index (κ3) is 4.90. The lowest BCUT2D eigenvalue weighted by Crippen LogP contribution is -2.27. The molecule has 2 aliphatic rings. The minimum absolute atomic E-state index is 0.00741. The van der Waals surface area contributed by atoms with Crippen molar-refractivity contribution in [2.24, 2.45) is 0 Å². The van der Waals surface area contributed by atoms with Gasteiger partial charge in [0, 0.05) is 22.4 Å². The van der Waals surface area contributed by atoms with Crippen LogP contribution in [-0.2, 0) is 34.0 Å². The normalized spacial score (nSPS) is 18.3. The molecule has 0 saturated heterocycles. The van der Waals surface area contributed by atoms with Crippen molar-refractivity contribution in [1.82, 2.24) is 15.2 Å². The first-order chi connectivity index (χ1) is 19.2. The van der Waals surface area contributed by atoms with Crippen LogP contribution in [0.4, 0.5) is 14.5 Å². The average Bonchev–Trinajstić information content (AvgIpc) is 3.49. The standard InChI is InChI=1S/C28H28F2N4O5/c29-21-7-23-19(11-37-15-32-13-33-23)6-18(21)9-34-24-8-22(30)20-3-5-39-28(20)27(24)26(25(34)12-38-16-35)17-2-1-4-31-14-36-10-17/h1-8,31-33,35H,9-16H2/b4-1-,17-2+. The number of hydrogen-bond donors (Lipinski definition) is 4. The van der Waals surface area contributed by atoms with Crippen LogP contribution in [0.15, 0.2) is 53.3 Å². The lowest BCUT2D eigenvalue weighted by molar-refractivity contribution is -0.0134. The number of allylic oxidation sites excluding steroid dienone is 2. The number of hydrogen-bond acceptors (Lipinski definition) is 8. The molecule has 2 aliphatic heterocycles. The summed E-state index contributed by atoms with van der Waals surface area (Å²) >= 11 is 0.